The molecule has 2 atom stereocenters. The number of rotatable bonds is 2. The first-order valence-electron chi connectivity index (χ1n) is 8.63. The zero-order valence-corrected chi connectivity index (χ0v) is 14.2. The van der Waals surface area contributed by atoms with Crippen LogP contribution >= 0.6 is 0 Å². The van der Waals surface area contributed by atoms with E-state index in [9.17, 15) is 9.59 Å². The Morgan fingerprint density at radius 2 is 1.92 bits per heavy atom. The molecule has 2 bridgehead atoms. The molecule has 7 nitrogen and oxygen atoms in total. The van der Waals surface area contributed by atoms with Crippen molar-refractivity contribution in [2.75, 3.05) is 19.6 Å². The van der Waals surface area contributed by atoms with Gasteiger partial charge in [0.25, 0.3) is 11.8 Å². The highest BCUT2D eigenvalue weighted by atomic mass is 16.2. The number of amides is 2. The maximum absolute atomic E-state index is 12.8. The first-order chi connectivity index (χ1) is 12.1. The summed E-state index contributed by atoms with van der Waals surface area (Å²) in [6, 6.07) is 3.52. The standard InChI is InChI=1S/C18H21N5O2/c1-12-8-20-16(21-12)18(25)23-10-13-2-3-15(23)11-22(9-13)17(24)14-4-6-19-7-5-14/h4-8,13,15H,2-3,9-11H2,1H3,(H,20,21)/t13-,15+/m0/s1. The number of aromatic amines is 1. The van der Waals surface area contributed by atoms with Gasteiger partial charge in [-0.15, -0.1) is 0 Å². The largest absolute Gasteiger partial charge is 0.338 e. The Bertz CT molecular complexity index is 788. The van der Waals surface area contributed by atoms with Gasteiger partial charge in [0.05, 0.1) is 0 Å². The van der Waals surface area contributed by atoms with Gasteiger partial charge >= 0.3 is 0 Å². The second-order valence-corrected chi connectivity index (χ2v) is 6.92. The average Bonchev–Trinajstić information content (AvgIpc) is 2.88. The number of pyridine rings is 1. The number of imidazole rings is 1. The summed E-state index contributed by atoms with van der Waals surface area (Å²) >= 11 is 0. The van der Waals surface area contributed by atoms with E-state index in [2.05, 4.69) is 15.0 Å². The third-order valence-electron chi connectivity index (χ3n) is 5.09. The van der Waals surface area contributed by atoms with Crippen LogP contribution < -0.4 is 0 Å². The number of carbonyl (C=O) groups is 2. The summed E-state index contributed by atoms with van der Waals surface area (Å²) in [6.07, 6.45) is 6.91. The Labute approximate surface area is 146 Å². The number of nitrogens with zero attached hydrogens (tertiary/aromatic N) is 4. The third-order valence-corrected chi connectivity index (χ3v) is 5.09. The van der Waals surface area contributed by atoms with Gasteiger partial charge in [0.2, 0.25) is 0 Å². The molecule has 3 fully saturated rings. The van der Waals surface area contributed by atoms with Crippen LogP contribution in [0.2, 0.25) is 0 Å². The molecule has 2 aromatic heterocycles. The lowest BCUT2D eigenvalue weighted by Gasteiger charge is -2.35. The quantitative estimate of drug-likeness (QED) is 0.899. The van der Waals surface area contributed by atoms with Gasteiger partial charge in [-0.2, -0.15) is 0 Å². The van der Waals surface area contributed by atoms with Gasteiger partial charge in [-0.3, -0.25) is 14.6 Å². The van der Waals surface area contributed by atoms with Gasteiger partial charge in [-0.1, -0.05) is 0 Å². The van der Waals surface area contributed by atoms with E-state index in [1.54, 1.807) is 30.7 Å². The third kappa shape index (κ3) is 3.01. The zero-order chi connectivity index (χ0) is 17.4. The summed E-state index contributed by atoms with van der Waals surface area (Å²) in [5.41, 5.74) is 1.52. The van der Waals surface area contributed by atoms with Crippen molar-refractivity contribution in [3.63, 3.8) is 0 Å². The molecule has 7 heteroatoms. The van der Waals surface area contributed by atoms with E-state index in [1.807, 2.05) is 16.7 Å². The molecular weight excluding hydrogens is 318 g/mol. The number of hydrogen-bond acceptors (Lipinski definition) is 4. The van der Waals surface area contributed by atoms with Crippen LogP contribution in [0.5, 0.6) is 0 Å². The van der Waals surface area contributed by atoms with Crippen LogP contribution in [0.1, 0.15) is 39.5 Å². The fourth-order valence-corrected chi connectivity index (χ4v) is 3.83. The van der Waals surface area contributed by atoms with Crippen LogP contribution in [-0.2, 0) is 0 Å². The summed E-state index contributed by atoms with van der Waals surface area (Å²) in [5.74, 6) is 0.644. The minimum absolute atomic E-state index is 0.0162. The predicted molar refractivity (Wildman–Crippen MR) is 91.0 cm³/mol. The van der Waals surface area contributed by atoms with Crippen LogP contribution in [-0.4, -0.2) is 62.2 Å². The lowest BCUT2D eigenvalue weighted by molar-refractivity contribution is 0.0563. The SMILES string of the molecule is Cc1cnc(C(=O)N2C[C@H]3CC[C@@H]2CN(C(=O)c2ccncc2)C3)[nH]1. The maximum atomic E-state index is 12.8. The van der Waals surface area contributed by atoms with Gasteiger partial charge in [-0.05, 0) is 37.8 Å². The van der Waals surface area contributed by atoms with Crippen LogP contribution in [0, 0.1) is 12.8 Å². The summed E-state index contributed by atoms with van der Waals surface area (Å²) < 4.78 is 0. The Morgan fingerprint density at radius 3 is 2.64 bits per heavy atom. The molecule has 0 saturated carbocycles. The van der Waals surface area contributed by atoms with Gasteiger partial charge in [0.1, 0.15) is 0 Å². The Hall–Kier alpha value is -2.70. The van der Waals surface area contributed by atoms with Crippen LogP contribution in [0.4, 0.5) is 0 Å². The van der Waals surface area contributed by atoms with E-state index < -0.39 is 0 Å². The molecule has 130 valence electrons. The topological polar surface area (TPSA) is 82.2 Å². The van der Waals surface area contributed by atoms with Crippen LogP contribution in [0.25, 0.3) is 0 Å². The lowest BCUT2D eigenvalue weighted by Crippen LogP contribution is -2.48. The molecule has 2 aromatic rings. The average molecular weight is 339 g/mol. The summed E-state index contributed by atoms with van der Waals surface area (Å²) in [7, 11) is 0. The van der Waals surface area contributed by atoms with Gasteiger partial charge in [0.15, 0.2) is 5.82 Å². The van der Waals surface area contributed by atoms with Gasteiger partial charge in [-0.25, -0.2) is 4.98 Å². The first-order valence-corrected chi connectivity index (χ1v) is 8.63. The van der Waals surface area contributed by atoms with Crippen molar-refractivity contribution in [1.29, 1.82) is 0 Å². The normalized spacial score (nSPS) is 22.8. The second-order valence-electron chi connectivity index (χ2n) is 6.92. The van der Waals surface area contributed by atoms with E-state index >= 15 is 0 Å². The molecule has 3 aliphatic rings. The van der Waals surface area contributed by atoms with Crippen LogP contribution in [0.15, 0.2) is 30.7 Å². The number of aromatic nitrogens is 3. The minimum Gasteiger partial charge on any atom is -0.338 e. The van der Waals surface area contributed by atoms with Crippen molar-refractivity contribution in [1.82, 2.24) is 24.8 Å². The highest BCUT2D eigenvalue weighted by Gasteiger charge is 2.39. The fraction of sp³-hybridized carbons (Fsp3) is 0.444. The van der Waals surface area contributed by atoms with E-state index in [4.69, 9.17) is 0 Å². The molecule has 3 aliphatic heterocycles. The fourth-order valence-electron chi connectivity index (χ4n) is 3.83. The summed E-state index contributed by atoms with van der Waals surface area (Å²) in [4.78, 5) is 40.6. The second kappa shape index (κ2) is 6.31. The van der Waals surface area contributed by atoms with Gasteiger partial charge < -0.3 is 14.8 Å². The monoisotopic (exact) mass is 339 g/mol. The molecule has 25 heavy (non-hydrogen) atoms. The molecule has 1 N–H and O–H groups in total. The van der Waals surface area contributed by atoms with Crippen molar-refractivity contribution < 1.29 is 9.59 Å². The molecule has 5 rings (SSSR count). The Balaban J connectivity index is 1.54. The number of aryl methyl sites for hydroxylation is 1. The van der Waals surface area contributed by atoms with Crippen molar-refractivity contribution in [3.8, 4) is 0 Å². The van der Waals surface area contributed by atoms with Gasteiger partial charge in [0, 0.05) is 55.5 Å². The summed E-state index contributed by atoms with van der Waals surface area (Å²) in [5, 5.41) is 0. The summed E-state index contributed by atoms with van der Waals surface area (Å²) in [6.45, 7) is 3.83. The molecule has 5 heterocycles. The number of fused-ring (bicyclic) bond motifs is 4. The predicted octanol–water partition coefficient (Wildman–Crippen LogP) is 1.49. The molecule has 0 aromatic carbocycles. The molecule has 2 amide bonds. The van der Waals surface area contributed by atoms with Crippen LogP contribution in [0.3, 0.4) is 0 Å². The molecular formula is C18H21N5O2. The van der Waals surface area contributed by atoms with E-state index in [0.717, 1.165) is 18.5 Å². The van der Waals surface area contributed by atoms with Crippen molar-refractivity contribution in [3.05, 3.63) is 47.8 Å². The Morgan fingerprint density at radius 1 is 1.12 bits per heavy atom. The maximum Gasteiger partial charge on any atom is 0.289 e. The lowest BCUT2D eigenvalue weighted by atomic mass is 9.95. The van der Waals surface area contributed by atoms with E-state index in [1.165, 1.54) is 0 Å². The number of carbonyl (C=O) groups excluding carboxylic acids is 2. The zero-order valence-electron chi connectivity index (χ0n) is 14.2. The highest BCUT2D eigenvalue weighted by molar-refractivity contribution is 5.94. The number of piperidine rings is 1. The Kier molecular flexibility index (Phi) is 3.99. The van der Waals surface area contributed by atoms with Crippen molar-refractivity contribution >= 4 is 11.8 Å². The minimum atomic E-state index is -0.0685. The highest BCUT2D eigenvalue weighted by Crippen LogP contribution is 2.29. The van der Waals surface area contributed by atoms with E-state index in [0.29, 0.717) is 36.9 Å². The number of H-pyrrole nitrogens is 1. The van der Waals surface area contributed by atoms with Crippen molar-refractivity contribution in [2.45, 2.75) is 25.8 Å². The number of hydrogen-bond donors (Lipinski definition) is 1. The molecule has 0 unspecified atom stereocenters. The molecule has 0 aliphatic carbocycles. The molecule has 0 spiro atoms. The molecule has 3 saturated heterocycles. The first kappa shape index (κ1) is 15.8. The van der Waals surface area contributed by atoms with E-state index in [-0.39, 0.29) is 17.9 Å². The number of nitrogens with one attached hydrogen (secondary N) is 1. The molecule has 0 radical (unpaired) electrons. The smallest absolute Gasteiger partial charge is 0.289 e. The van der Waals surface area contributed by atoms with Crippen molar-refractivity contribution in [2.24, 2.45) is 5.92 Å².